The average Bonchev–Trinajstić information content (AvgIpc) is 2.40. The Kier molecular flexibility index (Phi) is 3.69. The molecule has 0 aliphatic carbocycles. The lowest BCUT2D eigenvalue weighted by molar-refractivity contribution is 0.682. The summed E-state index contributed by atoms with van der Waals surface area (Å²) in [6.07, 6.45) is 0. The first kappa shape index (κ1) is 11.6. The van der Waals surface area contributed by atoms with E-state index in [9.17, 15) is 4.21 Å². The minimum absolute atomic E-state index is 0.444. The van der Waals surface area contributed by atoms with Gasteiger partial charge in [0.2, 0.25) is 0 Å². The van der Waals surface area contributed by atoms with Crippen LogP contribution in [0.2, 0.25) is 0 Å². The topological polar surface area (TPSA) is 40.9 Å². The van der Waals surface area contributed by atoms with Gasteiger partial charge < -0.3 is 0 Å². The molecule has 84 valence electrons. The molecular weight excluding hydrogens is 230 g/mol. The van der Waals surface area contributed by atoms with Crippen LogP contribution in [0.3, 0.4) is 0 Å². The van der Waals surface area contributed by atoms with Gasteiger partial charge in [-0.3, -0.25) is 4.21 Å². The largest absolute Gasteiger partial charge is 0.254 e. The molecule has 17 heavy (non-hydrogen) atoms. The molecule has 0 N–H and O–H groups in total. The maximum atomic E-state index is 12.2. The second-order valence-electron chi connectivity index (χ2n) is 3.58. The number of nitriles is 1. The van der Waals surface area contributed by atoms with E-state index >= 15 is 0 Å². The van der Waals surface area contributed by atoms with Crippen molar-refractivity contribution in [1.29, 1.82) is 5.26 Å². The van der Waals surface area contributed by atoms with Crippen molar-refractivity contribution in [2.24, 2.45) is 0 Å². The van der Waals surface area contributed by atoms with Crippen LogP contribution in [0.1, 0.15) is 11.1 Å². The van der Waals surface area contributed by atoms with Crippen LogP contribution in [0.25, 0.3) is 0 Å². The first-order valence-electron chi connectivity index (χ1n) is 5.22. The number of rotatable bonds is 3. The summed E-state index contributed by atoms with van der Waals surface area (Å²) < 4.78 is 12.2. The molecular formula is C14H11NOS. The summed E-state index contributed by atoms with van der Waals surface area (Å²) in [4.78, 5) is 0.610. The van der Waals surface area contributed by atoms with E-state index in [0.29, 0.717) is 16.2 Å². The van der Waals surface area contributed by atoms with E-state index in [0.717, 1.165) is 5.56 Å². The Bertz CT molecular complexity index is 572. The fourth-order valence-electron chi connectivity index (χ4n) is 1.56. The molecule has 0 saturated carbocycles. The van der Waals surface area contributed by atoms with Gasteiger partial charge in [0.05, 0.1) is 27.0 Å². The van der Waals surface area contributed by atoms with Crippen LogP contribution in [0.5, 0.6) is 0 Å². The molecule has 2 rings (SSSR count). The molecule has 1 unspecified atom stereocenters. The van der Waals surface area contributed by atoms with Gasteiger partial charge in [-0.05, 0) is 17.7 Å². The minimum atomic E-state index is -1.17. The van der Waals surface area contributed by atoms with E-state index in [4.69, 9.17) is 5.26 Å². The van der Waals surface area contributed by atoms with Crippen molar-refractivity contribution in [3.63, 3.8) is 0 Å². The van der Waals surface area contributed by atoms with E-state index in [2.05, 4.69) is 6.07 Å². The van der Waals surface area contributed by atoms with Gasteiger partial charge in [-0.2, -0.15) is 5.26 Å². The van der Waals surface area contributed by atoms with Crippen molar-refractivity contribution in [2.75, 3.05) is 0 Å². The summed E-state index contributed by atoms with van der Waals surface area (Å²) >= 11 is 0. The zero-order valence-electron chi connectivity index (χ0n) is 9.17. The Hall–Kier alpha value is -1.92. The van der Waals surface area contributed by atoms with Crippen LogP contribution in [0.15, 0.2) is 59.5 Å². The molecule has 0 amide bonds. The van der Waals surface area contributed by atoms with E-state index < -0.39 is 10.8 Å². The molecule has 2 aromatic rings. The van der Waals surface area contributed by atoms with Crippen LogP contribution < -0.4 is 0 Å². The third kappa shape index (κ3) is 2.80. The molecule has 0 aliphatic heterocycles. The Morgan fingerprint density at radius 3 is 2.35 bits per heavy atom. The van der Waals surface area contributed by atoms with Crippen LogP contribution in [-0.2, 0) is 16.6 Å². The lowest BCUT2D eigenvalue weighted by Gasteiger charge is -2.04. The molecule has 0 heterocycles. The maximum absolute atomic E-state index is 12.2. The van der Waals surface area contributed by atoms with Gasteiger partial charge in [-0.15, -0.1) is 0 Å². The third-order valence-electron chi connectivity index (χ3n) is 2.39. The smallest absolute Gasteiger partial charge is 0.100 e. The summed E-state index contributed by atoms with van der Waals surface area (Å²) in [5, 5.41) is 8.95. The van der Waals surface area contributed by atoms with Crippen molar-refractivity contribution in [2.45, 2.75) is 10.6 Å². The molecule has 0 aliphatic rings. The zero-order chi connectivity index (χ0) is 12.1. The summed E-state index contributed by atoms with van der Waals surface area (Å²) in [5.74, 6) is 0.444. The SMILES string of the molecule is N#Cc1ccccc1S(=O)Cc1ccccc1. The highest BCUT2D eigenvalue weighted by Crippen LogP contribution is 2.16. The fourth-order valence-corrected chi connectivity index (χ4v) is 2.80. The maximum Gasteiger partial charge on any atom is 0.100 e. The van der Waals surface area contributed by atoms with Crippen LogP contribution in [0.4, 0.5) is 0 Å². The van der Waals surface area contributed by atoms with Crippen LogP contribution in [0, 0.1) is 11.3 Å². The average molecular weight is 241 g/mol. The van der Waals surface area contributed by atoms with E-state index in [1.165, 1.54) is 0 Å². The van der Waals surface area contributed by atoms with Crippen molar-refractivity contribution in [1.82, 2.24) is 0 Å². The molecule has 2 nitrogen and oxygen atoms in total. The van der Waals surface area contributed by atoms with Gasteiger partial charge in [0, 0.05) is 0 Å². The highest BCUT2D eigenvalue weighted by molar-refractivity contribution is 7.84. The van der Waals surface area contributed by atoms with Crippen molar-refractivity contribution in [3.8, 4) is 6.07 Å². The quantitative estimate of drug-likeness (QED) is 0.829. The standard InChI is InChI=1S/C14H11NOS/c15-10-13-8-4-5-9-14(13)17(16)11-12-6-2-1-3-7-12/h1-9H,11H2. The molecule has 0 spiro atoms. The Morgan fingerprint density at radius 1 is 1.00 bits per heavy atom. The highest BCUT2D eigenvalue weighted by atomic mass is 32.2. The summed E-state index contributed by atoms with van der Waals surface area (Å²) in [6, 6.07) is 18.7. The molecule has 3 heteroatoms. The van der Waals surface area contributed by atoms with Gasteiger partial charge in [-0.25, -0.2) is 0 Å². The first-order chi connectivity index (χ1) is 8.31. The molecule has 0 aromatic heterocycles. The number of nitrogens with zero attached hydrogens (tertiary/aromatic N) is 1. The monoisotopic (exact) mass is 241 g/mol. The Labute approximate surface area is 103 Å². The van der Waals surface area contributed by atoms with Gasteiger partial charge in [0.1, 0.15) is 6.07 Å². The molecule has 0 saturated heterocycles. The Morgan fingerprint density at radius 2 is 1.65 bits per heavy atom. The third-order valence-corrected chi connectivity index (χ3v) is 3.84. The molecule has 0 radical (unpaired) electrons. The summed E-state index contributed by atoms with van der Waals surface area (Å²) in [7, 11) is -1.17. The minimum Gasteiger partial charge on any atom is -0.254 e. The van der Waals surface area contributed by atoms with Crippen LogP contribution >= 0.6 is 0 Å². The zero-order valence-corrected chi connectivity index (χ0v) is 9.98. The lowest BCUT2D eigenvalue weighted by atomic mass is 10.2. The van der Waals surface area contributed by atoms with Gasteiger partial charge in [0.25, 0.3) is 0 Å². The molecule has 0 bridgehead atoms. The molecule has 1 atom stereocenters. The van der Waals surface area contributed by atoms with E-state index in [-0.39, 0.29) is 0 Å². The van der Waals surface area contributed by atoms with E-state index in [1.54, 1.807) is 24.3 Å². The van der Waals surface area contributed by atoms with Crippen molar-refractivity contribution in [3.05, 3.63) is 65.7 Å². The van der Waals surface area contributed by atoms with Crippen LogP contribution in [-0.4, -0.2) is 4.21 Å². The van der Waals surface area contributed by atoms with Crippen molar-refractivity contribution >= 4 is 10.8 Å². The molecule has 2 aromatic carbocycles. The predicted molar refractivity (Wildman–Crippen MR) is 67.7 cm³/mol. The number of hydrogen-bond donors (Lipinski definition) is 0. The number of hydrogen-bond acceptors (Lipinski definition) is 2. The predicted octanol–water partition coefficient (Wildman–Crippen LogP) is 2.87. The van der Waals surface area contributed by atoms with Gasteiger partial charge in [0.15, 0.2) is 0 Å². The highest BCUT2D eigenvalue weighted by Gasteiger charge is 2.09. The second kappa shape index (κ2) is 5.42. The summed E-state index contributed by atoms with van der Waals surface area (Å²) in [5.41, 5.74) is 1.50. The Balaban J connectivity index is 2.24. The van der Waals surface area contributed by atoms with Gasteiger partial charge >= 0.3 is 0 Å². The second-order valence-corrected chi connectivity index (χ2v) is 5.00. The number of benzene rings is 2. The van der Waals surface area contributed by atoms with Crippen molar-refractivity contribution < 1.29 is 4.21 Å². The normalized spacial score (nSPS) is 11.7. The lowest BCUT2D eigenvalue weighted by Crippen LogP contribution is -1.98. The first-order valence-corrected chi connectivity index (χ1v) is 6.54. The fraction of sp³-hybridized carbons (Fsp3) is 0.0714. The summed E-state index contributed by atoms with van der Waals surface area (Å²) in [6.45, 7) is 0. The van der Waals surface area contributed by atoms with E-state index in [1.807, 2.05) is 30.3 Å². The molecule has 0 fully saturated rings. The van der Waals surface area contributed by atoms with Gasteiger partial charge in [-0.1, -0.05) is 42.5 Å².